The van der Waals surface area contributed by atoms with Crippen molar-refractivity contribution in [3.63, 3.8) is 0 Å². The number of anilines is 1. The fraction of sp³-hybridized carbons (Fsp3) is 0.824. The summed E-state index contributed by atoms with van der Waals surface area (Å²) in [6.45, 7) is 3.18. The van der Waals surface area contributed by atoms with Gasteiger partial charge < -0.3 is 5.32 Å². The molecule has 0 bridgehead atoms. The maximum absolute atomic E-state index is 12.1. The van der Waals surface area contributed by atoms with Gasteiger partial charge in [-0.1, -0.05) is 49.9 Å². The first-order valence-electron chi connectivity index (χ1n) is 9.14. The van der Waals surface area contributed by atoms with Crippen LogP contribution in [0.25, 0.3) is 0 Å². The van der Waals surface area contributed by atoms with Gasteiger partial charge in [0.15, 0.2) is 0 Å². The highest BCUT2D eigenvalue weighted by molar-refractivity contribution is 7.15. The molecular formula is C17H28N4OS. The topological polar surface area (TPSA) is 58.1 Å². The quantitative estimate of drug-likeness (QED) is 0.858. The summed E-state index contributed by atoms with van der Waals surface area (Å²) in [4.78, 5) is 14.5. The third-order valence-corrected chi connectivity index (χ3v) is 5.85. The van der Waals surface area contributed by atoms with Crippen molar-refractivity contribution in [1.82, 2.24) is 15.1 Å². The summed E-state index contributed by atoms with van der Waals surface area (Å²) >= 11 is 1.52. The highest BCUT2D eigenvalue weighted by Gasteiger charge is 2.17. The van der Waals surface area contributed by atoms with Crippen LogP contribution in [0.5, 0.6) is 0 Å². The van der Waals surface area contributed by atoms with Gasteiger partial charge in [-0.25, -0.2) is 0 Å². The molecule has 5 nitrogen and oxygen atoms in total. The summed E-state index contributed by atoms with van der Waals surface area (Å²) in [5, 5.41) is 12.9. The van der Waals surface area contributed by atoms with Crippen LogP contribution < -0.4 is 5.32 Å². The molecule has 128 valence electrons. The number of piperidine rings is 1. The van der Waals surface area contributed by atoms with Crippen molar-refractivity contribution >= 4 is 22.4 Å². The maximum atomic E-state index is 12.1. The predicted molar refractivity (Wildman–Crippen MR) is 93.5 cm³/mol. The Morgan fingerprint density at radius 3 is 2.61 bits per heavy atom. The van der Waals surface area contributed by atoms with E-state index in [2.05, 4.69) is 20.4 Å². The maximum Gasteiger partial charge on any atom is 0.226 e. The van der Waals surface area contributed by atoms with Gasteiger partial charge in [-0.3, -0.25) is 9.69 Å². The van der Waals surface area contributed by atoms with E-state index in [0.29, 0.717) is 11.6 Å². The summed E-state index contributed by atoms with van der Waals surface area (Å²) in [7, 11) is 0. The van der Waals surface area contributed by atoms with E-state index in [4.69, 9.17) is 0 Å². The average Bonchev–Trinajstić information content (AvgIpc) is 3.02. The van der Waals surface area contributed by atoms with Crippen molar-refractivity contribution in [2.45, 2.75) is 70.8 Å². The highest BCUT2D eigenvalue weighted by atomic mass is 32.1. The summed E-state index contributed by atoms with van der Waals surface area (Å²) in [6, 6.07) is 0. The van der Waals surface area contributed by atoms with Crippen molar-refractivity contribution in [2.75, 3.05) is 18.4 Å². The summed E-state index contributed by atoms with van der Waals surface area (Å²) in [5.41, 5.74) is 0. The number of hydrogen-bond donors (Lipinski definition) is 1. The molecule has 1 saturated heterocycles. The van der Waals surface area contributed by atoms with Crippen LogP contribution in [0.4, 0.5) is 5.13 Å². The zero-order valence-electron chi connectivity index (χ0n) is 13.9. The van der Waals surface area contributed by atoms with Gasteiger partial charge in [-0.15, -0.1) is 10.2 Å². The fourth-order valence-corrected chi connectivity index (χ4v) is 4.47. The molecule has 1 aromatic rings. The zero-order chi connectivity index (χ0) is 15.9. The molecule has 0 radical (unpaired) electrons. The Balaban J connectivity index is 1.39. The zero-order valence-corrected chi connectivity index (χ0v) is 14.7. The van der Waals surface area contributed by atoms with Crippen molar-refractivity contribution in [3.05, 3.63) is 5.01 Å². The van der Waals surface area contributed by atoms with Gasteiger partial charge in [0.1, 0.15) is 5.01 Å². The smallest absolute Gasteiger partial charge is 0.226 e. The van der Waals surface area contributed by atoms with Gasteiger partial charge in [0.25, 0.3) is 0 Å². The van der Waals surface area contributed by atoms with Gasteiger partial charge >= 0.3 is 0 Å². The molecular weight excluding hydrogens is 308 g/mol. The second-order valence-corrected chi connectivity index (χ2v) is 7.99. The minimum Gasteiger partial charge on any atom is -0.301 e. The molecule has 1 saturated carbocycles. The Morgan fingerprint density at radius 1 is 1.09 bits per heavy atom. The first kappa shape index (κ1) is 16.8. The van der Waals surface area contributed by atoms with E-state index in [0.717, 1.165) is 37.0 Å². The molecule has 2 fully saturated rings. The monoisotopic (exact) mass is 336 g/mol. The SMILES string of the molecule is O=C(CCC1CCCCC1)Nc1nnc(CN2CCCCC2)s1. The Labute approximate surface area is 142 Å². The van der Waals surface area contributed by atoms with Crippen LogP contribution in [0.3, 0.4) is 0 Å². The number of carbonyl (C=O) groups is 1. The summed E-state index contributed by atoms with van der Waals surface area (Å²) < 4.78 is 0. The normalized spacial score (nSPS) is 20.5. The molecule has 23 heavy (non-hydrogen) atoms. The van der Waals surface area contributed by atoms with E-state index in [1.807, 2.05) is 0 Å². The van der Waals surface area contributed by atoms with E-state index in [-0.39, 0.29) is 5.91 Å². The number of carbonyl (C=O) groups excluding carboxylic acids is 1. The van der Waals surface area contributed by atoms with E-state index < -0.39 is 0 Å². The molecule has 0 aromatic carbocycles. The first-order valence-corrected chi connectivity index (χ1v) is 9.96. The highest BCUT2D eigenvalue weighted by Crippen LogP contribution is 2.27. The lowest BCUT2D eigenvalue weighted by Gasteiger charge is -2.24. The Morgan fingerprint density at radius 2 is 1.83 bits per heavy atom. The Kier molecular flexibility index (Phi) is 6.39. The van der Waals surface area contributed by atoms with Crippen LogP contribution in [-0.2, 0) is 11.3 Å². The lowest BCUT2D eigenvalue weighted by molar-refractivity contribution is -0.116. The Hall–Kier alpha value is -1.01. The lowest BCUT2D eigenvalue weighted by Crippen LogP contribution is -2.28. The molecule has 1 amide bonds. The van der Waals surface area contributed by atoms with Crippen LogP contribution in [0, 0.1) is 5.92 Å². The molecule has 2 aliphatic rings. The van der Waals surface area contributed by atoms with Crippen molar-refractivity contribution < 1.29 is 4.79 Å². The van der Waals surface area contributed by atoms with Crippen LogP contribution in [0.15, 0.2) is 0 Å². The largest absolute Gasteiger partial charge is 0.301 e. The molecule has 0 spiro atoms. The van der Waals surface area contributed by atoms with Gasteiger partial charge in [0, 0.05) is 6.42 Å². The van der Waals surface area contributed by atoms with Crippen LogP contribution in [0.1, 0.15) is 69.2 Å². The molecule has 1 aromatic heterocycles. The molecule has 3 rings (SSSR count). The molecule has 0 unspecified atom stereocenters. The van der Waals surface area contributed by atoms with Gasteiger partial charge in [-0.2, -0.15) is 0 Å². The van der Waals surface area contributed by atoms with Crippen LogP contribution in [0.2, 0.25) is 0 Å². The number of hydrogen-bond acceptors (Lipinski definition) is 5. The molecule has 1 aliphatic heterocycles. The van der Waals surface area contributed by atoms with Crippen LogP contribution >= 0.6 is 11.3 Å². The number of rotatable bonds is 6. The van der Waals surface area contributed by atoms with E-state index in [9.17, 15) is 4.79 Å². The predicted octanol–water partition coefficient (Wildman–Crippen LogP) is 3.82. The van der Waals surface area contributed by atoms with Crippen molar-refractivity contribution in [3.8, 4) is 0 Å². The molecule has 6 heteroatoms. The van der Waals surface area contributed by atoms with Gasteiger partial charge in [0.05, 0.1) is 6.54 Å². The third-order valence-electron chi connectivity index (χ3n) is 5.03. The Bertz CT molecular complexity index is 493. The minimum absolute atomic E-state index is 0.0937. The first-order chi connectivity index (χ1) is 11.3. The number of nitrogens with one attached hydrogen (secondary N) is 1. The minimum atomic E-state index is 0.0937. The standard InChI is InChI=1S/C17H28N4OS/c22-15(10-9-14-7-3-1-4-8-14)18-17-20-19-16(23-17)13-21-11-5-2-6-12-21/h14H,1-13H2,(H,18,20,22). The summed E-state index contributed by atoms with van der Waals surface area (Å²) in [6.07, 6.45) is 12.2. The summed E-state index contributed by atoms with van der Waals surface area (Å²) in [5.74, 6) is 0.842. The average molecular weight is 337 g/mol. The second-order valence-electron chi connectivity index (χ2n) is 6.93. The van der Waals surface area contributed by atoms with E-state index >= 15 is 0 Å². The van der Waals surface area contributed by atoms with Crippen molar-refractivity contribution in [2.24, 2.45) is 5.92 Å². The molecule has 1 N–H and O–H groups in total. The van der Waals surface area contributed by atoms with Gasteiger partial charge in [-0.05, 0) is 38.3 Å². The third kappa shape index (κ3) is 5.53. The fourth-order valence-electron chi connectivity index (χ4n) is 3.67. The number of nitrogens with zero attached hydrogens (tertiary/aromatic N) is 3. The number of aromatic nitrogens is 2. The van der Waals surface area contributed by atoms with E-state index in [1.54, 1.807) is 0 Å². The molecule has 1 aliphatic carbocycles. The van der Waals surface area contributed by atoms with Gasteiger partial charge in [0.2, 0.25) is 11.0 Å². The van der Waals surface area contributed by atoms with E-state index in [1.165, 1.54) is 62.7 Å². The van der Waals surface area contributed by atoms with Crippen molar-refractivity contribution in [1.29, 1.82) is 0 Å². The van der Waals surface area contributed by atoms with Crippen LogP contribution in [-0.4, -0.2) is 34.1 Å². The number of amides is 1. The molecule has 0 atom stereocenters. The second kappa shape index (κ2) is 8.73. The lowest BCUT2D eigenvalue weighted by atomic mass is 9.86. The number of likely N-dealkylation sites (tertiary alicyclic amines) is 1. The molecule has 2 heterocycles.